The zero-order chi connectivity index (χ0) is 25.7. The normalized spacial score (nSPS) is 19.4. The fourth-order valence-corrected chi connectivity index (χ4v) is 5.77. The van der Waals surface area contributed by atoms with Crippen LogP contribution in [0.1, 0.15) is 68.5 Å². The van der Waals surface area contributed by atoms with Crippen molar-refractivity contribution in [2.45, 2.75) is 71.1 Å². The minimum absolute atomic E-state index is 0.00816. The highest BCUT2D eigenvalue weighted by atomic mass is 32.1. The molecule has 1 N–H and O–H groups in total. The van der Waals surface area contributed by atoms with Crippen LogP contribution in [-0.2, 0) is 16.0 Å². The van der Waals surface area contributed by atoms with Crippen LogP contribution in [0.3, 0.4) is 0 Å². The van der Waals surface area contributed by atoms with E-state index < -0.39 is 0 Å². The molecule has 3 amide bonds. The van der Waals surface area contributed by atoms with Gasteiger partial charge in [0, 0.05) is 30.6 Å². The highest BCUT2D eigenvalue weighted by Gasteiger charge is 2.34. The van der Waals surface area contributed by atoms with Crippen LogP contribution in [0, 0.1) is 0 Å². The van der Waals surface area contributed by atoms with E-state index >= 15 is 0 Å². The maximum Gasteiger partial charge on any atom is 0.318 e. The van der Waals surface area contributed by atoms with Gasteiger partial charge in [0.1, 0.15) is 18.9 Å². The zero-order valence-corrected chi connectivity index (χ0v) is 22.7. The number of carbonyl (C=O) groups is 2. The third kappa shape index (κ3) is 6.59. The molecule has 1 aromatic heterocycles. The minimum atomic E-state index is -0.222. The van der Waals surface area contributed by atoms with Crippen molar-refractivity contribution in [1.29, 1.82) is 0 Å². The van der Waals surface area contributed by atoms with Crippen LogP contribution in [0.25, 0.3) is 0 Å². The number of urea groups is 1. The SMILES string of the molecule is CC(C)NC(=O)N(CC(=O)N1CCc2sccc2[C@H]1COc1ccc(C(C)C)cc1)C[C@@H]1CCCO1. The molecule has 0 radical (unpaired) electrons. The van der Waals surface area contributed by atoms with Gasteiger partial charge >= 0.3 is 6.03 Å². The molecule has 1 saturated heterocycles. The summed E-state index contributed by atoms with van der Waals surface area (Å²) in [6.07, 6.45) is 2.70. The molecular weight excluding hydrogens is 474 g/mol. The molecule has 4 rings (SSSR count). The van der Waals surface area contributed by atoms with Crippen molar-refractivity contribution in [3.8, 4) is 5.75 Å². The van der Waals surface area contributed by atoms with E-state index in [1.165, 1.54) is 10.4 Å². The Kier molecular flexibility index (Phi) is 8.90. The third-order valence-electron chi connectivity index (χ3n) is 6.84. The van der Waals surface area contributed by atoms with E-state index in [0.717, 1.165) is 30.6 Å². The van der Waals surface area contributed by atoms with Gasteiger partial charge in [-0.3, -0.25) is 4.79 Å². The topological polar surface area (TPSA) is 71.1 Å². The number of fused-ring (bicyclic) bond motifs is 1. The van der Waals surface area contributed by atoms with E-state index in [9.17, 15) is 9.59 Å². The van der Waals surface area contributed by atoms with E-state index in [-0.39, 0.29) is 36.7 Å². The summed E-state index contributed by atoms with van der Waals surface area (Å²) >= 11 is 1.73. The predicted molar refractivity (Wildman–Crippen MR) is 143 cm³/mol. The first-order valence-corrected chi connectivity index (χ1v) is 13.9. The summed E-state index contributed by atoms with van der Waals surface area (Å²) in [4.78, 5) is 31.4. The van der Waals surface area contributed by atoms with E-state index in [2.05, 4.69) is 42.7 Å². The number of benzene rings is 1. The first kappa shape index (κ1) is 26.5. The quantitative estimate of drug-likeness (QED) is 0.514. The van der Waals surface area contributed by atoms with Gasteiger partial charge in [0.25, 0.3) is 0 Å². The second kappa shape index (κ2) is 12.1. The van der Waals surface area contributed by atoms with Crippen molar-refractivity contribution in [2.75, 3.05) is 32.8 Å². The molecule has 36 heavy (non-hydrogen) atoms. The number of hydrogen-bond donors (Lipinski definition) is 1. The Bertz CT molecular complexity index is 1010. The number of rotatable bonds is 9. The van der Waals surface area contributed by atoms with Crippen molar-refractivity contribution in [3.63, 3.8) is 0 Å². The maximum atomic E-state index is 13.7. The van der Waals surface area contributed by atoms with E-state index in [1.54, 1.807) is 16.2 Å². The lowest BCUT2D eigenvalue weighted by Gasteiger charge is -2.37. The molecule has 196 valence electrons. The van der Waals surface area contributed by atoms with Gasteiger partial charge in [0.05, 0.1) is 12.1 Å². The average Bonchev–Trinajstić information content (AvgIpc) is 3.54. The van der Waals surface area contributed by atoms with Gasteiger partial charge in [-0.2, -0.15) is 0 Å². The van der Waals surface area contributed by atoms with Crippen LogP contribution in [-0.4, -0.2) is 66.7 Å². The van der Waals surface area contributed by atoms with E-state index in [1.807, 2.05) is 30.9 Å². The number of thiophene rings is 1. The molecule has 1 fully saturated rings. The van der Waals surface area contributed by atoms with Crippen molar-refractivity contribution in [2.24, 2.45) is 0 Å². The largest absolute Gasteiger partial charge is 0.491 e. The predicted octanol–water partition coefficient (Wildman–Crippen LogP) is 4.98. The van der Waals surface area contributed by atoms with Crippen molar-refractivity contribution < 1.29 is 19.1 Å². The molecular formula is C28H39N3O4S. The minimum Gasteiger partial charge on any atom is -0.491 e. The number of carbonyl (C=O) groups excluding carboxylic acids is 2. The Hall–Kier alpha value is -2.58. The lowest BCUT2D eigenvalue weighted by molar-refractivity contribution is -0.135. The molecule has 0 aliphatic carbocycles. The van der Waals surface area contributed by atoms with Gasteiger partial charge in [-0.05, 0) is 73.7 Å². The molecule has 0 saturated carbocycles. The summed E-state index contributed by atoms with van der Waals surface area (Å²) in [5.41, 5.74) is 2.42. The Morgan fingerprint density at radius 1 is 1.19 bits per heavy atom. The molecule has 7 nitrogen and oxygen atoms in total. The van der Waals surface area contributed by atoms with Gasteiger partial charge in [0.2, 0.25) is 5.91 Å². The summed E-state index contributed by atoms with van der Waals surface area (Å²) in [5.74, 6) is 1.20. The van der Waals surface area contributed by atoms with Crippen LogP contribution >= 0.6 is 11.3 Å². The number of hydrogen-bond acceptors (Lipinski definition) is 5. The molecule has 8 heteroatoms. The Morgan fingerprint density at radius 2 is 1.97 bits per heavy atom. The summed E-state index contributed by atoms with van der Waals surface area (Å²) in [6.45, 7) is 10.3. The Morgan fingerprint density at radius 3 is 2.64 bits per heavy atom. The molecule has 2 aromatic rings. The van der Waals surface area contributed by atoms with Crippen LogP contribution in [0.4, 0.5) is 4.79 Å². The molecule has 1 aromatic carbocycles. The number of ether oxygens (including phenoxy) is 2. The number of nitrogens with zero attached hydrogens (tertiary/aromatic N) is 2. The second-order valence-electron chi connectivity index (χ2n) is 10.3. The molecule has 2 atom stereocenters. The molecule has 0 unspecified atom stereocenters. The summed E-state index contributed by atoms with van der Waals surface area (Å²) < 4.78 is 12.0. The van der Waals surface area contributed by atoms with Crippen LogP contribution in [0.15, 0.2) is 35.7 Å². The fourth-order valence-electron chi connectivity index (χ4n) is 4.84. The van der Waals surface area contributed by atoms with Gasteiger partial charge in [-0.15, -0.1) is 11.3 Å². The summed E-state index contributed by atoms with van der Waals surface area (Å²) in [7, 11) is 0. The van der Waals surface area contributed by atoms with Gasteiger partial charge in [-0.1, -0.05) is 26.0 Å². The average molecular weight is 514 g/mol. The Balaban J connectivity index is 1.47. The maximum absolute atomic E-state index is 13.7. The summed E-state index contributed by atoms with van der Waals surface area (Å²) in [5, 5.41) is 5.03. The van der Waals surface area contributed by atoms with Crippen molar-refractivity contribution >= 4 is 23.3 Å². The Labute approximate surface area is 218 Å². The first-order valence-electron chi connectivity index (χ1n) is 13.1. The lowest BCUT2D eigenvalue weighted by Crippen LogP contribution is -2.52. The molecule has 0 spiro atoms. The molecule has 3 heterocycles. The van der Waals surface area contributed by atoms with Crippen LogP contribution in [0.5, 0.6) is 5.75 Å². The highest BCUT2D eigenvalue weighted by Crippen LogP contribution is 2.34. The number of amides is 3. The monoisotopic (exact) mass is 513 g/mol. The van der Waals surface area contributed by atoms with E-state index in [4.69, 9.17) is 9.47 Å². The van der Waals surface area contributed by atoms with Crippen LogP contribution in [0.2, 0.25) is 0 Å². The second-order valence-corrected chi connectivity index (χ2v) is 11.3. The van der Waals surface area contributed by atoms with Gasteiger partial charge in [-0.25, -0.2) is 4.79 Å². The standard InChI is InChI=1S/C28H39N3O4S/c1-19(2)21-7-9-22(10-8-21)35-18-25-24-12-15-36-26(24)11-13-31(25)27(32)17-30(28(33)29-20(3)4)16-23-6-5-14-34-23/h7-10,12,15,19-20,23,25H,5-6,11,13-14,16-18H2,1-4H3,(H,29,33)/t23-,25+/m0/s1. The highest BCUT2D eigenvalue weighted by molar-refractivity contribution is 7.10. The smallest absolute Gasteiger partial charge is 0.318 e. The lowest BCUT2D eigenvalue weighted by atomic mass is 10.00. The summed E-state index contributed by atoms with van der Waals surface area (Å²) in [6, 6.07) is 9.87. The van der Waals surface area contributed by atoms with Crippen molar-refractivity contribution in [1.82, 2.24) is 15.1 Å². The molecule has 0 bridgehead atoms. The zero-order valence-electron chi connectivity index (χ0n) is 21.9. The molecule has 2 aliphatic heterocycles. The molecule has 2 aliphatic rings. The fraction of sp³-hybridized carbons (Fsp3) is 0.571. The number of nitrogens with one attached hydrogen (secondary N) is 1. The first-order chi connectivity index (χ1) is 17.3. The van der Waals surface area contributed by atoms with Gasteiger partial charge in [0.15, 0.2) is 0 Å². The third-order valence-corrected chi connectivity index (χ3v) is 7.84. The van der Waals surface area contributed by atoms with E-state index in [0.29, 0.717) is 32.2 Å². The van der Waals surface area contributed by atoms with Crippen molar-refractivity contribution in [3.05, 3.63) is 51.7 Å². The van der Waals surface area contributed by atoms with Crippen LogP contribution < -0.4 is 10.1 Å². The van der Waals surface area contributed by atoms with Gasteiger partial charge < -0.3 is 24.6 Å².